The molecule has 0 aliphatic heterocycles. The van der Waals surface area contributed by atoms with Crippen molar-refractivity contribution >= 4 is 5.69 Å². The Morgan fingerprint density at radius 1 is 1.33 bits per heavy atom. The van der Waals surface area contributed by atoms with Crippen molar-refractivity contribution in [2.75, 3.05) is 19.0 Å². The van der Waals surface area contributed by atoms with Gasteiger partial charge in [-0.05, 0) is 39.3 Å². The molecule has 0 saturated heterocycles. The zero-order valence-electron chi connectivity index (χ0n) is 12.6. The number of aryl methyl sites for hydroxylation is 1. The molecule has 3 heteroatoms. The van der Waals surface area contributed by atoms with Gasteiger partial charge in [-0.25, -0.2) is 0 Å². The summed E-state index contributed by atoms with van der Waals surface area (Å²) in [6.45, 7) is 9.75. The van der Waals surface area contributed by atoms with Crippen molar-refractivity contribution in [2.24, 2.45) is 5.92 Å². The minimum Gasteiger partial charge on any atom is -0.372 e. The van der Waals surface area contributed by atoms with Gasteiger partial charge in [-0.1, -0.05) is 13.8 Å². The monoisotopic (exact) mass is 249 g/mol. The van der Waals surface area contributed by atoms with Crippen LogP contribution < -0.4 is 10.2 Å². The lowest BCUT2D eigenvalue weighted by Gasteiger charge is -2.30. The average molecular weight is 249 g/mol. The molecule has 0 saturated carbocycles. The minimum absolute atomic E-state index is 0.544. The van der Waals surface area contributed by atoms with Gasteiger partial charge >= 0.3 is 0 Å². The Labute approximate surface area is 112 Å². The van der Waals surface area contributed by atoms with E-state index in [1.165, 1.54) is 17.7 Å². The van der Waals surface area contributed by atoms with Crippen LogP contribution in [-0.2, 0) is 6.54 Å². The highest BCUT2D eigenvalue weighted by Gasteiger charge is 2.15. The molecule has 102 valence electrons. The van der Waals surface area contributed by atoms with E-state index in [1.54, 1.807) is 0 Å². The summed E-state index contributed by atoms with van der Waals surface area (Å²) in [5, 5.41) is 3.21. The summed E-state index contributed by atoms with van der Waals surface area (Å²) < 4.78 is 0. The van der Waals surface area contributed by atoms with Crippen molar-refractivity contribution in [1.29, 1.82) is 0 Å². The highest BCUT2D eigenvalue weighted by Crippen LogP contribution is 2.23. The van der Waals surface area contributed by atoms with E-state index < -0.39 is 0 Å². The summed E-state index contributed by atoms with van der Waals surface area (Å²) >= 11 is 0. The van der Waals surface area contributed by atoms with Crippen molar-refractivity contribution in [3.05, 3.63) is 23.5 Å². The number of aromatic nitrogens is 1. The molecule has 3 nitrogen and oxygen atoms in total. The second kappa shape index (κ2) is 6.74. The van der Waals surface area contributed by atoms with E-state index in [0.29, 0.717) is 6.04 Å². The first-order chi connectivity index (χ1) is 8.45. The van der Waals surface area contributed by atoms with E-state index >= 15 is 0 Å². The molecular formula is C15H27N3. The van der Waals surface area contributed by atoms with Gasteiger partial charge in [0.2, 0.25) is 0 Å². The zero-order chi connectivity index (χ0) is 13.7. The summed E-state index contributed by atoms with van der Waals surface area (Å²) in [4.78, 5) is 6.77. The lowest BCUT2D eigenvalue weighted by Crippen LogP contribution is -2.31. The third kappa shape index (κ3) is 3.98. The number of anilines is 1. The van der Waals surface area contributed by atoms with Crippen molar-refractivity contribution < 1.29 is 0 Å². The third-order valence-corrected chi connectivity index (χ3v) is 3.32. The summed E-state index contributed by atoms with van der Waals surface area (Å²) in [6, 6.07) is 2.73. The Kier molecular flexibility index (Phi) is 5.60. The Morgan fingerprint density at radius 3 is 2.56 bits per heavy atom. The number of nitrogens with zero attached hydrogens (tertiary/aromatic N) is 2. The van der Waals surface area contributed by atoms with E-state index in [9.17, 15) is 0 Å². The molecule has 0 spiro atoms. The smallest absolute Gasteiger partial charge is 0.0445 e. The Balaban J connectivity index is 2.95. The maximum Gasteiger partial charge on any atom is 0.0445 e. The molecule has 0 aliphatic carbocycles. The van der Waals surface area contributed by atoms with E-state index in [2.05, 4.69) is 49.1 Å². The van der Waals surface area contributed by atoms with Crippen LogP contribution in [0.25, 0.3) is 0 Å². The zero-order valence-corrected chi connectivity index (χ0v) is 12.6. The van der Waals surface area contributed by atoms with Crippen LogP contribution in [0.4, 0.5) is 5.69 Å². The van der Waals surface area contributed by atoms with Gasteiger partial charge < -0.3 is 10.2 Å². The summed E-state index contributed by atoms with van der Waals surface area (Å²) in [5.74, 6) is 0.720. The molecule has 1 atom stereocenters. The number of hydrogen-bond donors (Lipinski definition) is 1. The fourth-order valence-electron chi connectivity index (χ4n) is 2.31. The lowest BCUT2D eigenvalue weighted by atomic mass is 10.0. The van der Waals surface area contributed by atoms with Gasteiger partial charge in [0.15, 0.2) is 0 Å². The maximum atomic E-state index is 4.39. The van der Waals surface area contributed by atoms with E-state index in [4.69, 9.17) is 0 Å². The van der Waals surface area contributed by atoms with Crippen LogP contribution in [0, 0.1) is 12.8 Å². The number of rotatable bonds is 6. The molecule has 1 heterocycles. The molecule has 0 amide bonds. The fourth-order valence-corrected chi connectivity index (χ4v) is 2.31. The van der Waals surface area contributed by atoms with Gasteiger partial charge in [0.05, 0.1) is 0 Å². The van der Waals surface area contributed by atoms with Crippen molar-refractivity contribution in [1.82, 2.24) is 10.3 Å². The van der Waals surface area contributed by atoms with E-state index in [-0.39, 0.29) is 0 Å². The predicted octanol–water partition coefficient (Wildman–Crippen LogP) is 2.98. The van der Waals surface area contributed by atoms with Crippen LogP contribution in [0.5, 0.6) is 0 Å². The molecule has 0 aromatic carbocycles. The topological polar surface area (TPSA) is 28.2 Å². The van der Waals surface area contributed by atoms with Crippen LogP contribution in [0.1, 0.15) is 38.4 Å². The first-order valence-corrected chi connectivity index (χ1v) is 6.78. The summed E-state index contributed by atoms with van der Waals surface area (Å²) in [5.41, 5.74) is 3.64. The van der Waals surface area contributed by atoms with Gasteiger partial charge in [-0.15, -0.1) is 0 Å². The molecule has 0 radical (unpaired) electrons. The van der Waals surface area contributed by atoms with Crippen LogP contribution in [0.3, 0.4) is 0 Å². The molecule has 18 heavy (non-hydrogen) atoms. The molecule has 1 aromatic rings. The number of pyridine rings is 1. The largest absolute Gasteiger partial charge is 0.372 e. The van der Waals surface area contributed by atoms with Crippen molar-refractivity contribution in [3.63, 3.8) is 0 Å². The summed E-state index contributed by atoms with van der Waals surface area (Å²) in [7, 11) is 4.15. The maximum absolute atomic E-state index is 4.39. The predicted molar refractivity (Wildman–Crippen MR) is 79.1 cm³/mol. The van der Waals surface area contributed by atoms with Crippen LogP contribution in [0.2, 0.25) is 0 Å². The molecule has 0 fully saturated rings. The summed E-state index contributed by atoms with van der Waals surface area (Å²) in [6.07, 6.45) is 3.19. The number of nitrogens with one attached hydrogen (secondary N) is 1. The van der Waals surface area contributed by atoms with Crippen LogP contribution in [-0.4, -0.2) is 25.1 Å². The highest BCUT2D eigenvalue weighted by molar-refractivity contribution is 5.53. The molecule has 1 rings (SSSR count). The van der Waals surface area contributed by atoms with Gasteiger partial charge in [-0.2, -0.15) is 0 Å². The Bertz CT molecular complexity index is 374. The SMILES string of the molecule is CNCc1cnc(C)cc1N(C)C(C)CC(C)C. The molecule has 0 aliphatic rings. The molecule has 1 N–H and O–H groups in total. The van der Waals surface area contributed by atoms with Crippen molar-refractivity contribution in [3.8, 4) is 0 Å². The normalized spacial score (nSPS) is 12.8. The molecule has 1 aromatic heterocycles. The number of hydrogen-bond acceptors (Lipinski definition) is 3. The van der Waals surface area contributed by atoms with Gasteiger partial charge in [0, 0.05) is 42.8 Å². The van der Waals surface area contributed by atoms with Gasteiger partial charge in [-0.3, -0.25) is 4.98 Å². The Hall–Kier alpha value is -1.09. The van der Waals surface area contributed by atoms with Crippen molar-refractivity contribution in [2.45, 2.75) is 46.7 Å². The second-order valence-electron chi connectivity index (χ2n) is 5.57. The molecule has 1 unspecified atom stereocenters. The lowest BCUT2D eigenvalue weighted by molar-refractivity contribution is 0.503. The first kappa shape index (κ1) is 15.0. The average Bonchev–Trinajstić information content (AvgIpc) is 2.30. The first-order valence-electron chi connectivity index (χ1n) is 6.78. The Morgan fingerprint density at radius 2 is 2.00 bits per heavy atom. The molecular weight excluding hydrogens is 222 g/mol. The van der Waals surface area contributed by atoms with Gasteiger partial charge in [0.25, 0.3) is 0 Å². The van der Waals surface area contributed by atoms with Crippen LogP contribution in [0.15, 0.2) is 12.3 Å². The van der Waals surface area contributed by atoms with E-state index in [0.717, 1.165) is 18.2 Å². The minimum atomic E-state index is 0.544. The molecule has 0 bridgehead atoms. The van der Waals surface area contributed by atoms with Gasteiger partial charge in [0.1, 0.15) is 0 Å². The standard InChI is InChI=1S/C15H27N3/c1-11(2)7-13(4)18(6)15-8-12(3)17-10-14(15)9-16-5/h8,10-11,13,16H,7,9H2,1-6H3. The second-order valence-corrected chi connectivity index (χ2v) is 5.57. The highest BCUT2D eigenvalue weighted by atomic mass is 15.1. The fraction of sp³-hybridized carbons (Fsp3) is 0.667. The van der Waals surface area contributed by atoms with Crippen LogP contribution >= 0.6 is 0 Å². The third-order valence-electron chi connectivity index (χ3n) is 3.32. The quantitative estimate of drug-likeness (QED) is 0.840. The van der Waals surface area contributed by atoms with E-state index in [1.807, 2.05) is 20.2 Å².